The number of rotatable bonds is 6. The van der Waals surface area contributed by atoms with E-state index >= 15 is 0 Å². The summed E-state index contributed by atoms with van der Waals surface area (Å²) in [5.74, 6) is 2.19. The lowest BCUT2D eigenvalue weighted by Crippen LogP contribution is -2.13. The van der Waals surface area contributed by atoms with Crippen LogP contribution in [-0.2, 0) is 6.42 Å². The van der Waals surface area contributed by atoms with Crippen LogP contribution in [0.5, 0.6) is 0 Å². The number of aryl methyl sites for hydroxylation is 3. The lowest BCUT2D eigenvalue weighted by atomic mass is 9.95. The molecule has 1 nitrogen and oxygen atoms in total. The van der Waals surface area contributed by atoms with Crippen LogP contribution >= 0.6 is 11.8 Å². The molecule has 0 heterocycles. The van der Waals surface area contributed by atoms with E-state index in [2.05, 4.69) is 39.8 Å². The van der Waals surface area contributed by atoms with Crippen LogP contribution in [0, 0.1) is 20.8 Å². The van der Waals surface area contributed by atoms with E-state index in [1.165, 1.54) is 22.3 Å². The molecule has 1 unspecified atom stereocenters. The minimum Gasteiger partial charge on any atom is -0.393 e. The first-order valence-corrected chi connectivity index (χ1v) is 7.52. The summed E-state index contributed by atoms with van der Waals surface area (Å²) in [7, 11) is 0. The van der Waals surface area contributed by atoms with Crippen LogP contribution in [0.3, 0.4) is 0 Å². The molecule has 0 aliphatic carbocycles. The molecule has 0 amide bonds. The number of aliphatic hydroxyl groups is 1. The molecule has 1 aromatic rings. The fraction of sp³-hybridized carbons (Fsp3) is 0.600. The van der Waals surface area contributed by atoms with Crippen LogP contribution in [0.1, 0.15) is 35.6 Å². The summed E-state index contributed by atoms with van der Waals surface area (Å²) < 4.78 is 0. The molecular weight excluding hydrogens is 228 g/mol. The molecule has 0 saturated heterocycles. The number of aliphatic hydroxyl groups excluding tert-OH is 1. The molecule has 0 radical (unpaired) electrons. The number of hydrogen-bond acceptors (Lipinski definition) is 2. The molecule has 0 spiro atoms. The van der Waals surface area contributed by atoms with Gasteiger partial charge in [0.1, 0.15) is 0 Å². The number of thioether (sulfide) groups is 1. The van der Waals surface area contributed by atoms with Crippen molar-refractivity contribution >= 4 is 11.8 Å². The van der Waals surface area contributed by atoms with E-state index in [-0.39, 0.29) is 6.10 Å². The van der Waals surface area contributed by atoms with Crippen molar-refractivity contribution < 1.29 is 5.11 Å². The second kappa shape index (κ2) is 7.07. The second-order valence-corrected chi connectivity index (χ2v) is 6.11. The monoisotopic (exact) mass is 252 g/mol. The van der Waals surface area contributed by atoms with E-state index in [4.69, 9.17) is 0 Å². The van der Waals surface area contributed by atoms with Crippen LogP contribution in [0.25, 0.3) is 0 Å². The zero-order valence-electron chi connectivity index (χ0n) is 11.4. The van der Waals surface area contributed by atoms with Crippen molar-refractivity contribution in [2.24, 2.45) is 0 Å². The molecule has 17 heavy (non-hydrogen) atoms. The minimum atomic E-state index is -0.200. The lowest BCUT2D eigenvalue weighted by molar-refractivity contribution is 0.171. The highest BCUT2D eigenvalue weighted by molar-refractivity contribution is 7.99. The summed E-state index contributed by atoms with van der Waals surface area (Å²) in [6, 6.07) is 4.41. The number of benzene rings is 1. The normalized spacial score (nSPS) is 12.8. The molecule has 1 rings (SSSR count). The van der Waals surface area contributed by atoms with Crippen molar-refractivity contribution in [2.75, 3.05) is 11.5 Å². The molecule has 2 heteroatoms. The van der Waals surface area contributed by atoms with Crippen molar-refractivity contribution in [1.82, 2.24) is 0 Å². The van der Waals surface area contributed by atoms with Gasteiger partial charge in [-0.05, 0) is 61.8 Å². The summed E-state index contributed by atoms with van der Waals surface area (Å²) in [5.41, 5.74) is 5.25. The first-order valence-electron chi connectivity index (χ1n) is 6.37. The van der Waals surface area contributed by atoms with Crippen LogP contribution < -0.4 is 0 Å². The highest BCUT2D eigenvalue weighted by Gasteiger charge is 2.10. The topological polar surface area (TPSA) is 20.2 Å². The Bertz CT molecular complexity index is 337. The molecule has 0 aromatic heterocycles. The highest BCUT2D eigenvalue weighted by Crippen LogP contribution is 2.19. The van der Waals surface area contributed by atoms with Crippen LogP contribution in [-0.4, -0.2) is 22.7 Å². The summed E-state index contributed by atoms with van der Waals surface area (Å²) in [4.78, 5) is 0. The first-order chi connectivity index (χ1) is 8.04. The minimum absolute atomic E-state index is 0.200. The molecule has 1 aromatic carbocycles. The molecule has 96 valence electrons. The van der Waals surface area contributed by atoms with Crippen molar-refractivity contribution in [3.05, 3.63) is 34.4 Å². The zero-order chi connectivity index (χ0) is 12.8. The van der Waals surface area contributed by atoms with Gasteiger partial charge in [0.15, 0.2) is 0 Å². The van der Waals surface area contributed by atoms with E-state index in [0.29, 0.717) is 0 Å². The molecule has 1 N–H and O–H groups in total. The maximum atomic E-state index is 10.0. The molecule has 0 saturated carbocycles. The summed E-state index contributed by atoms with van der Waals surface area (Å²) >= 11 is 1.90. The van der Waals surface area contributed by atoms with Crippen molar-refractivity contribution in [1.29, 1.82) is 0 Å². The average molecular weight is 252 g/mol. The molecule has 0 aliphatic rings. The Hall–Kier alpha value is -0.470. The third-order valence-corrected chi connectivity index (χ3v) is 4.01. The van der Waals surface area contributed by atoms with Gasteiger partial charge in [0.25, 0.3) is 0 Å². The Morgan fingerprint density at radius 3 is 2.29 bits per heavy atom. The second-order valence-electron chi connectivity index (χ2n) is 4.72. The molecule has 0 fully saturated rings. The lowest BCUT2D eigenvalue weighted by Gasteiger charge is -2.15. The van der Waals surface area contributed by atoms with Crippen molar-refractivity contribution in [3.63, 3.8) is 0 Å². The Morgan fingerprint density at radius 1 is 1.18 bits per heavy atom. The Balaban J connectivity index is 2.61. The van der Waals surface area contributed by atoms with Gasteiger partial charge in [-0.1, -0.05) is 24.6 Å². The largest absolute Gasteiger partial charge is 0.393 e. The van der Waals surface area contributed by atoms with Gasteiger partial charge in [-0.2, -0.15) is 11.8 Å². The predicted molar refractivity (Wildman–Crippen MR) is 78.0 cm³/mol. The Labute approximate surface area is 110 Å². The van der Waals surface area contributed by atoms with Gasteiger partial charge < -0.3 is 5.11 Å². The maximum Gasteiger partial charge on any atom is 0.0588 e. The SMILES string of the molecule is CCSCCC(O)Cc1c(C)cc(C)cc1C. The smallest absolute Gasteiger partial charge is 0.0588 e. The van der Waals surface area contributed by atoms with Gasteiger partial charge in [-0.25, -0.2) is 0 Å². The molecular formula is C15H24OS. The highest BCUT2D eigenvalue weighted by atomic mass is 32.2. The Morgan fingerprint density at radius 2 is 1.76 bits per heavy atom. The van der Waals surface area contributed by atoms with Crippen LogP contribution in [0.15, 0.2) is 12.1 Å². The standard InChI is InChI=1S/C15H24OS/c1-5-17-7-6-14(16)10-15-12(3)8-11(2)9-13(15)4/h8-9,14,16H,5-7,10H2,1-4H3. The van der Waals surface area contributed by atoms with E-state index in [0.717, 1.165) is 24.3 Å². The summed E-state index contributed by atoms with van der Waals surface area (Å²) in [6.07, 6.45) is 1.49. The molecule has 0 bridgehead atoms. The summed E-state index contributed by atoms with van der Waals surface area (Å²) in [6.45, 7) is 8.56. The molecule has 0 aliphatic heterocycles. The van der Waals surface area contributed by atoms with Crippen molar-refractivity contribution in [3.8, 4) is 0 Å². The predicted octanol–water partition coefficient (Wildman–Crippen LogP) is 3.66. The zero-order valence-corrected chi connectivity index (χ0v) is 12.2. The fourth-order valence-corrected chi connectivity index (χ4v) is 2.96. The maximum absolute atomic E-state index is 10.0. The summed E-state index contributed by atoms with van der Waals surface area (Å²) in [5, 5.41) is 10.0. The quantitative estimate of drug-likeness (QED) is 0.780. The van der Waals surface area contributed by atoms with E-state index in [1.54, 1.807) is 0 Å². The van der Waals surface area contributed by atoms with Gasteiger partial charge in [0, 0.05) is 0 Å². The third-order valence-electron chi connectivity index (χ3n) is 3.08. The van der Waals surface area contributed by atoms with Gasteiger partial charge in [-0.3, -0.25) is 0 Å². The molecule has 1 atom stereocenters. The number of hydrogen-bond donors (Lipinski definition) is 1. The van der Waals surface area contributed by atoms with E-state index in [1.807, 2.05) is 11.8 Å². The van der Waals surface area contributed by atoms with E-state index in [9.17, 15) is 5.11 Å². The first kappa shape index (κ1) is 14.6. The fourth-order valence-electron chi connectivity index (χ4n) is 2.23. The third kappa shape index (κ3) is 4.72. The van der Waals surface area contributed by atoms with E-state index < -0.39 is 0 Å². The van der Waals surface area contributed by atoms with Gasteiger partial charge >= 0.3 is 0 Å². The van der Waals surface area contributed by atoms with Crippen LogP contribution in [0.2, 0.25) is 0 Å². The average Bonchev–Trinajstić information content (AvgIpc) is 2.24. The van der Waals surface area contributed by atoms with Gasteiger partial charge in [0.2, 0.25) is 0 Å². The van der Waals surface area contributed by atoms with Gasteiger partial charge in [0.05, 0.1) is 6.10 Å². The van der Waals surface area contributed by atoms with Crippen LogP contribution in [0.4, 0.5) is 0 Å². The van der Waals surface area contributed by atoms with Gasteiger partial charge in [-0.15, -0.1) is 0 Å². The Kier molecular flexibility index (Phi) is 6.07. The van der Waals surface area contributed by atoms with Crippen molar-refractivity contribution in [2.45, 2.75) is 46.6 Å².